The summed E-state index contributed by atoms with van der Waals surface area (Å²) in [5.74, 6) is 0. The number of nitrogens with zero attached hydrogens (tertiary/aromatic N) is 1. The second-order valence-electron chi connectivity index (χ2n) is 4.99. The van der Waals surface area contributed by atoms with Crippen molar-refractivity contribution in [1.29, 1.82) is 5.26 Å². The Hall–Kier alpha value is -1.59. The predicted molar refractivity (Wildman–Crippen MR) is 74.9 cm³/mol. The minimum absolute atomic E-state index is 0.233. The summed E-state index contributed by atoms with van der Waals surface area (Å²) < 4.78 is 5.50. The molecule has 0 aromatic heterocycles. The first kappa shape index (κ1) is 14.5. The van der Waals surface area contributed by atoms with E-state index in [1.165, 1.54) is 5.56 Å². The maximum absolute atomic E-state index is 8.86. The van der Waals surface area contributed by atoms with Crippen LogP contribution in [0.25, 0.3) is 6.08 Å². The molecular formula is C16H21NO. The fourth-order valence-electron chi connectivity index (χ4n) is 1.57. The Kier molecular flexibility index (Phi) is 6.18. The van der Waals surface area contributed by atoms with Crippen LogP contribution >= 0.6 is 0 Å². The fraction of sp³-hybridized carbons (Fsp3) is 0.438. The molecule has 0 aliphatic carbocycles. The molecule has 0 aliphatic heterocycles. The molecular weight excluding hydrogens is 222 g/mol. The van der Waals surface area contributed by atoms with Crippen molar-refractivity contribution in [3.05, 3.63) is 42.0 Å². The topological polar surface area (TPSA) is 33.0 Å². The van der Waals surface area contributed by atoms with Gasteiger partial charge in [0.1, 0.15) is 0 Å². The first-order chi connectivity index (χ1) is 8.64. The highest BCUT2D eigenvalue weighted by atomic mass is 16.5. The molecule has 0 amide bonds. The number of hydrogen-bond acceptors (Lipinski definition) is 2. The lowest BCUT2D eigenvalue weighted by Crippen LogP contribution is -2.09. The molecule has 1 rings (SSSR count). The van der Waals surface area contributed by atoms with Crippen LogP contribution in [0.5, 0.6) is 0 Å². The molecule has 96 valence electrons. The Morgan fingerprint density at radius 3 is 2.67 bits per heavy atom. The van der Waals surface area contributed by atoms with Crippen molar-refractivity contribution in [2.24, 2.45) is 5.41 Å². The molecule has 0 atom stereocenters. The van der Waals surface area contributed by atoms with Crippen molar-refractivity contribution in [3.63, 3.8) is 0 Å². The molecule has 0 spiro atoms. The van der Waals surface area contributed by atoms with Gasteiger partial charge >= 0.3 is 0 Å². The van der Waals surface area contributed by atoms with E-state index in [4.69, 9.17) is 10.00 Å². The molecule has 0 fully saturated rings. The summed E-state index contributed by atoms with van der Waals surface area (Å²) in [6.07, 6.45) is 5.88. The summed E-state index contributed by atoms with van der Waals surface area (Å²) in [5, 5.41) is 8.86. The van der Waals surface area contributed by atoms with Crippen LogP contribution in [0.3, 0.4) is 0 Å². The molecule has 2 nitrogen and oxygen atoms in total. The normalized spacial score (nSPS) is 11.6. The highest BCUT2D eigenvalue weighted by Gasteiger charge is 2.15. The van der Waals surface area contributed by atoms with Crippen molar-refractivity contribution in [2.75, 3.05) is 13.2 Å². The van der Waals surface area contributed by atoms with Gasteiger partial charge in [0.2, 0.25) is 0 Å². The summed E-state index contributed by atoms with van der Waals surface area (Å²) in [7, 11) is 0. The van der Waals surface area contributed by atoms with Gasteiger partial charge in [-0.25, -0.2) is 0 Å². The number of rotatable bonds is 7. The van der Waals surface area contributed by atoms with Crippen LogP contribution in [0.4, 0.5) is 0 Å². The van der Waals surface area contributed by atoms with E-state index in [2.05, 4.69) is 24.3 Å². The maximum Gasteiger partial charge on any atom is 0.0683 e. The Labute approximate surface area is 110 Å². The number of hydrogen-bond donors (Lipinski definition) is 0. The van der Waals surface area contributed by atoms with Gasteiger partial charge < -0.3 is 4.74 Å². The molecule has 0 heterocycles. The third-order valence-corrected chi connectivity index (χ3v) is 2.72. The van der Waals surface area contributed by atoms with Crippen LogP contribution in [0, 0.1) is 16.7 Å². The zero-order valence-electron chi connectivity index (χ0n) is 11.2. The summed E-state index contributed by atoms with van der Waals surface area (Å²) in [6.45, 7) is 5.26. The van der Waals surface area contributed by atoms with E-state index >= 15 is 0 Å². The molecule has 2 heteroatoms. The predicted octanol–water partition coefficient (Wildman–Crippen LogP) is 4.05. The highest BCUT2D eigenvalue weighted by molar-refractivity contribution is 5.48. The van der Waals surface area contributed by atoms with Gasteiger partial charge in [-0.15, -0.1) is 0 Å². The van der Waals surface area contributed by atoms with E-state index in [0.29, 0.717) is 13.2 Å². The molecule has 0 saturated carbocycles. The zero-order chi connectivity index (χ0) is 13.3. The third-order valence-electron chi connectivity index (χ3n) is 2.72. The van der Waals surface area contributed by atoms with Crippen molar-refractivity contribution in [3.8, 4) is 6.07 Å². The van der Waals surface area contributed by atoms with Crippen LogP contribution in [0.15, 0.2) is 36.4 Å². The fourth-order valence-corrected chi connectivity index (χ4v) is 1.57. The summed E-state index contributed by atoms with van der Waals surface area (Å²) in [4.78, 5) is 0. The van der Waals surface area contributed by atoms with Crippen molar-refractivity contribution < 1.29 is 4.74 Å². The van der Waals surface area contributed by atoms with Gasteiger partial charge in [0, 0.05) is 6.61 Å². The Morgan fingerprint density at radius 1 is 1.28 bits per heavy atom. The zero-order valence-corrected chi connectivity index (χ0v) is 11.2. The van der Waals surface area contributed by atoms with E-state index in [1.54, 1.807) is 0 Å². The van der Waals surface area contributed by atoms with Gasteiger partial charge in [0.25, 0.3) is 0 Å². The summed E-state index contributed by atoms with van der Waals surface area (Å²) in [5.41, 5.74) is 0.954. The molecule has 0 aliphatic rings. The third kappa shape index (κ3) is 6.22. The second kappa shape index (κ2) is 7.68. The molecule has 0 radical (unpaired) electrons. The van der Waals surface area contributed by atoms with Crippen LogP contribution in [0.2, 0.25) is 0 Å². The standard InChI is InChI=1S/C16H21NO/c1-16(2,14-17)11-7-13-18-12-6-10-15-8-4-3-5-9-15/h3-6,8-10H,7,11-13H2,1-2H3. The minimum Gasteiger partial charge on any atom is -0.377 e. The average Bonchev–Trinajstić information content (AvgIpc) is 2.39. The summed E-state index contributed by atoms with van der Waals surface area (Å²) >= 11 is 0. The highest BCUT2D eigenvalue weighted by Crippen LogP contribution is 2.20. The number of nitriles is 1. The van der Waals surface area contributed by atoms with Gasteiger partial charge in [0.05, 0.1) is 18.1 Å². The SMILES string of the molecule is CC(C)(C#N)CCCOCC=Cc1ccccc1. The van der Waals surface area contributed by atoms with Crippen LogP contribution in [0.1, 0.15) is 32.3 Å². The first-order valence-corrected chi connectivity index (χ1v) is 6.35. The van der Waals surface area contributed by atoms with Gasteiger partial charge in [-0.2, -0.15) is 5.26 Å². The largest absolute Gasteiger partial charge is 0.377 e. The first-order valence-electron chi connectivity index (χ1n) is 6.35. The van der Waals surface area contributed by atoms with Crippen molar-refractivity contribution in [1.82, 2.24) is 0 Å². The summed E-state index contributed by atoms with van der Waals surface area (Å²) in [6, 6.07) is 12.5. The lowest BCUT2D eigenvalue weighted by atomic mass is 9.90. The Balaban J connectivity index is 2.10. The van der Waals surface area contributed by atoms with Gasteiger partial charge in [-0.05, 0) is 32.3 Å². The van der Waals surface area contributed by atoms with Gasteiger partial charge in [-0.3, -0.25) is 0 Å². The Bertz CT molecular complexity index is 401. The Morgan fingerprint density at radius 2 is 2.00 bits per heavy atom. The number of benzene rings is 1. The minimum atomic E-state index is -0.233. The van der Waals surface area contributed by atoms with E-state index in [-0.39, 0.29) is 5.41 Å². The van der Waals surface area contributed by atoms with Crippen LogP contribution in [-0.2, 0) is 4.74 Å². The van der Waals surface area contributed by atoms with Crippen LogP contribution in [-0.4, -0.2) is 13.2 Å². The van der Waals surface area contributed by atoms with E-state index in [1.807, 2.05) is 38.1 Å². The molecule has 0 bridgehead atoms. The average molecular weight is 243 g/mol. The van der Waals surface area contributed by atoms with Crippen molar-refractivity contribution in [2.45, 2.75) is 26.7 Å². The number of ether oxygens (including phenoxy) is 1. The monoisotopic (exact) mass is 243 g/mol. The van der Waals surface area contributed by atoms with Gasteiger partial charge in [-0.1, -0.05) is 42.5 Å². The second-order valence-corrected chi connectivity index (χ2v) is 4.99. The molecule has 1 aromatic rings. The smallest absolute Gasteiger partial charge is 0.0683 e. The van der Waals surface area contributed by atoms with E-state index in [9.17, 15) is 0 Å². The molecule has 0 unspecified atom stereocenters. The quantitative estimate of drug-likeness (QED) is 0.677. The molecule has 18 heavy (non-hydrogen) atoms. The molecule has 0 N–H and O–H groups in total. The maximum atomic E-state index is 8.86. The molecule has 1 aromatic carbocycles. The van der Waals surface area contributed by atoms with E-state index in [0.717, 1.165) is 12.8 Å². The van der Waals surface area contributed by atoms with E-state index < -0.39 is 0 Å². The lowest BCUT2D eigenvalue weighted by Gasteiger charge is -2.13. The van der Waals surface area contributed by atoms with Crippen molar-refractivity contribution >= 4 is 6.08 Å². The molecule has 0 saturated heterocycles. The lowest BCUT2D eigenvalue weighted by molar-refractivity contribution is 0.151. The van der Waals surface area contributed by atoms with Crippen LogP contribution < -0.4 is 0 Å². The van der Waals surface area contributed by atoms with Gasteiger partial charge in [0.15, 0.2) is 0 Å².